The number of aliphatic carboxylic acids is 1. The van der Waals surface area contributed by atoms with Gasteiger partial charge in [-0.05, 0) is 0 Å². The number of ether oxygens (including phenoxy) is 1. The molecule has 0 atom stereocenters. The molecule has 0 aromatic heterocycles. The van der Waals surface area contributed by atoms with Gasteiger partial charge < -0.3 is 15.6 Å². The lowest BCUT2D eigenvalue weighted by molar-refractivity contribution is -0.144. The molecule has 6 nitrogen and oxygen atoms in total. The summed E-state index contributed by atoms with van der Waals surface area (Å²) in [5.41, 5.74) is 4.80. The molecule has 0 aromatic rings. The Morgan fingerprint density at radius 1 is 0.895 bits per heavy atom. The summed E-state index contributed by atoms with van der Waals surface area (Å²) in [6, 6.07) is 0. The number of amides is 1. The summed E-state index contributed by atoms with van der Waals surface area (Å²) in [6.07, 6.45) is 0. The van der Waals surface area contributed by atoms with Crippen LogP contribution in [0.1, 0.15) is 41.5 Å². The molecule has 0 aliphatic heterocycles. The minimum atomic E-state index is -0.741. The van der Waals surface area contributed by atoms with E-state index in [1.165, 1.54) is 7.11 Å². The predicted molar refractivity (Wildman–Crippen MR) is 73.4 cm³/mol. The van der Waals surface area contributed by atoms with Crippen LogP contribution in [0.5, 0.6) is 0 Å². The standard InChI is InChI=1S/C5H10O2.C4H9NO.C4H8O2/c1-4(2)5(6)7-3;2*1-3(2)4(5)6/h4H,1-3H3;3H,1-2H3,(H2,5,6);3H,1-2H3,(H,5,6). The van der Waals surface area contributed by atoms with E-state index in [0.29, 0.717) is 0 Å². The van der Waals surface area contributed by atoms with Gasteiger partial charge in [-0.3, -0.25) is 14.4 Å². The summed E-state index contributed by atoms with van der Waals surface area (Å²) >= 11 is 0. The second-order valence-corrected chi connectivity index (χ2v) is 4.73. The molecule has 0 aromatic carbocycles. The Morgan fingerprint density at radius 2 is 1.16 bits per heavy atom. The third kappa shape index (κ3) is 22.1. The van der Waals surface area contributed by atoms with Gasteiger partial charge in [0.05, 0.1) is 18.9 Å². The van der Waals surface area contributed by atoms with E-state index in [9.17, 15) is 14.4 Å². The van der Waals surface area contributed by atoms with Crippen LogP contribution in [0.3, 0.4) is 0 Å². The fourth-order valence-electron chi connectivity index (χ4n) is 0.236. The van der Waals surface area contributed by atoms with Crippen molar-refractivity contribution in [2.24, 2.45) is 23.5 Å². The summed E-state index contributed by atoms with van der Waals surface area (Å²) in [5, 5.41) is 7.99. The van der Waals surface area contributed by atoms with E-state index in [1.54, 1.807) is 41.5 Å². The first-order valence-corrected chi connectivity index (χ1v) is 6.07. The fourth-order valence-corrected chi connectivity index (χ4v) is 0.236. The smallest absolute Gasteiger partial charge is 0.308 e. The number of carbonyl (C=O) groups is 3. The van der Waals surface area contributed by atoms with Gasteiger partial charge in [0.15, 0.2) is 0 Å². The lowest BCUT2D eigenvalue weighted by Gasteiger charge is -1.97. The monoisotopic (exact) mass is 277 g/mol. The number of carboxylic acids is 1. The van der Waals surface area contributed by atoms with Crippen LogP contribution in [0, 0.1) is 17.8 Å². The van der Waals surface area contributed by atoms with Crippen LogP contribution in [-0.2, 0) is 19.1 Å². The highest BCUT2D eigenvalue weighted by atomic mass is 16.5. The van der Waals surface area contributed by atoms with Crippen LogP contribution in [0.2, 0.25) is 0 Å². The highest BCUT2D eigenvalue weighted by molar-refractivity contribution is 5.75. The molecule has 19 heavy (non-hydrogen) atoms. The van der Waals surface area contributed by atoms with Gasteiger partial charge in [0.25, 0.3) is 0 Å². The second kappa shape index (κ2) is 12.9. The third-order valence-corrected chi connectivity index (χ3v) is 1.74. The number of primary amides is 1. The molecule has 0 aliphatic rings. The van der Waals surface area contributed by atoms with E-state index in [1.807, 2.05) is 0 Å². The Bertz CT molecular complexity index is 254. The van der Waals surface area contributed by atoms with E-state index in [-0.39, 0.29) is 29.6 Å². The molecular weight excluding hydrogens is 250 g/mol. The van der Waals surface area contributed by atoms with Crippen LogP contribution in [0.4, 0.5) is 0 Å². The minimum absolute atomic E-state index is 0.00463. The minimum Gasteiger partial charge on any atom is -0.481 e. The maximum Gasteiger partial charge on any atom is 0.308 e. The first-order valence-electron chi connectivity index (χ1n) is 6.07. The molecule has 0 aliphatic carbocycles. The fraction of sp³-hybridized carbons (Fsp3) is 0.769. The Balaban J connectivity index is -0.000000203. The van der Waals surface area contributed by atoms with Gasteiger partial charge in [0, 0.05) is 5.92 Å². The molecule has 0 radical (unpaired) electrons. The molecule has 0 unspecified atom stereocenters. The Kier molecular flexibility index (Phi) is 15.3. The summed E-state index contributed by atoms with van der Waals surface area (Å²) in [5.74, 6) is -1.37. The molecule has 3 N–H and O–H groups in total. The number of carboxylic acid groups (broad SMARTS) is 1. The number of esters is 1. The van der Waals surface area contributed by atoms with Gasteiger partial charge in [-0.15, -0.1) is 0 Å². The zero-order valence-electron chi connectivity index (χ0n) is 12.9. The van der Waals surface area contributed by atoms with E-state index < -0.39 is 5.97 Å². The molecule has 0 fully saturated rings. The number of carbonyl (C=O) groups excluding carboxylic acids is 2. The third-order valence-electron chi connectivity index (χ3n) is 1.74. The highest BCUT2D eigenvalue weighted by Gasteiger charge is 2.03. The average molecular weight is 277 g/mol. The van der Waals surface area contributed by atoms with Gasteiger partial charge in [0.1, 0.15) is 0 Å². The van der Waals surface area contributed by atoms with Crippen molar-refractivity contribution in [1.82, 2.24) is 0 Å². The van der Waals surface area contributed by atoms with E-state index in [4.69, 9.17) is 10.8 Å². The van der Waals surface area contributed by atoms with E-state index in [0.717, 1.165) is 0 Å². The maximum atomic E-state index is 10.3. The van der Waals surface area contributed by atoms with Crippen molar-refractivity contribution in [2.75, 3.05) is 7.11 Å². The first kappa shape index (κ1) is 22.6. The highest BCUT2D eigenvalue weighted by Crippen LogP contribution is 1.92. The van der Waals surface area contributed by atoms with Gasteiger partial charge in [-0.25, -0.2) is 0 Å². The van der Waals surface area contributed by atoms with E-state index in [2.05, 4.69) is 4.74 Å². The number of nitrogens with two attached hydrogens (primary N) is 1. The van der Waals surface area contributed by atoms with E-state index >= 15 is 0 Å². The van der Waals surface area contributed by atoms with Crippen molar-refractivity contribution >= 4 is 17.8 Å². The number of hydrogen-bond donors (Lipinski definition) is 2. The normalized spacial score (nSPS) is 9.16. The summed E-state index contributed by atoms with van der Waals surface area (Å²) in [7, 11) is 1.39. The molecule has 0 heterocycles. The molecule has 0 rings (SSSR count). The van der Waals surface area contributed by atoms with Crippen LogP contribution in [0.25, 0.3) is 0 Å². The SMILES string of the molecule is CC(C)C(=O)O.CC(C)C(N)=O.COC(=O)C(C)C. The van der Waals surface area contributed by atoms with Crippen molar-refractivity contribution in [2.45, 2.75) is 41.5 Å². The first-order chi connectivity index (χ1) is 8.47. The van der Waals surface area contributed by atoms with Crippen molar-refractivity contribution in [3.05, 3.63) is 0 Å². The number of rotatable bonds is 3. The Morgan fingerprint density at radius 3 is 1.16 bits per heavy atom. The van der Waals surface area contributed by atoms with Crippen molar-refractivity contribution in [1.29, 1.82) is 0 Å². The number of methoxy groups -OCH3 is 1. The lowest BCUT2D eigenvalue weighted by Crippen LogP contribution is -2.17. The van der Waals surface area contributed by atoms with Gasteiger partial charge in [0.2, 0.25) is 5.91 Å². The van der Waals surface area contributed by atoms with Gasteiger partial charge in [-0.2, -0.15) is 0 Å². The predicted octanol–water partition coefficient (Wildman–Crippen LogP) is 1.67. The van der Waals surface area contributed by atoms with Crippen molar-refractivity contribution in [3.63, 3.8) is 0 Å². The Hall–Kier alpha value is -1.59. The zero-order valence-corrected chi connectivity index (χ0v) is 12.9. The van der Waals surface area contributed by atoms with Crippen LogP contribution >= 0.6 is 0 Å². The maximum absolute atomic E-state index is 10.3. The van der Waals surface area contributed by atoms with Crippen LogP contribution in [-0.4, -0.2) is 30.1 Å². The van der Waals surface area contributed by atoms with Gasteiger partial charge in [-0.1, -0.05) is 41.5 Å². The molecule has 0 spiro atoms. The van der Waals surface area contributed by atoms with Crippen molar-refractivity contribution < 1.29 is 24.2 Å². The molecule has 0 bridgehead atoms. The number of hydrogen-bond acceptors (Lipinski definition) is 4. The summed E-state index contributed by atoms with van der Waals surface area (Å²) in [6.45, 7) is 10.4. The quantitative estimate of drug-likeness (QED) is 0.763. The molecular formula is C13H27NO5. The largest absolute Gasteiger partial charge is 0.481 e. The summed E-state index contributed by atoms with van der Waals surface area (Å²) in [4.78, 5) is 29.9. The van der Waals surface area contributed by atoms with Crippen LogP contribution < -0.4 is 5.73 Å². The lowest BCUT2D eigenvalue weighted by atomic mass is 10.2. The molecule has 0 saturated carbocycles. The van der Waals surface area contributed by atoms with Gasteiger partial charge >= 0.3 is 11.9 Å². The molecule has 114 valence electrons. The molecule has 6 heteroatoms. The van der Waals surface area contributed by atoms with Crippen LogP contribution in [0.15, 0.2) is 0 Å². The Labute approximate surface area is 115 Å². The average Bonchev–Trinajstić information content (AvgIpc) is 2.29. The second-order valence-electron chi connectivity index (χ2n) is 4.73. The summed E-state index contributed by atoms with van der Waals surface area (Å²) < 4.78 is 4.37. The van der Waals surface area contributed by atoms with Crippen molar-refractivity contribution in [3.8, 4) is 0 Å². The topological polar surface area (TPSA) is 107 Å². The zero-order chi connectivity index (χ0) is 16.2. The molecule has 0 saturated heterocycles. The molecule has 1 amide bonds.